The molecule has 0 radical (unpaired) electrons. The van der Waals surface area contributed by atoms with Gasteiger partial charge >= 0.3 is 12.2 Å². The van der Waals surface area contributed by atoms with Crippen molar-refractivity contribution in [1.29, 1.82) is 0 Å². The summed E-state index contributed by atoms with van der Waals surface area (Å²) in [4.78, 5) is 16.7. The molecule has 0 atom stereocenters. The Morgan fingerprint density at radius 1 is 1.11 bits per heavy atom. The number of alkyl halides is 3. The van der Waals surface area contributed by atoms with Crippen LogP contribution in [0, 0.1) is 0 Å². The molecule has 13 heteroatoms. The first kappa shape index (κ1) is 26.6. The van der Waals surface area contributed by atoms with Crippen molar-refractivity contribution in [3.63, 3.8) is 0 Å². The van der Waals surface area contributed by atoms with E-state index < -0.39 is 29.2 Å². The highest BCUT2D eigenvalue weighted by molar-refractivity contribution is 9.10. The summed E-state index contributed by atoms with van der Waals surface area (Å²) < 4.78 is 41.8. The number of hydrogen-bond acceptors (Lipinski definition) is 5. The van der Waals surface area contributed by atoms with Crippen molar-refractivity contribution in [3.05, 3.63) is 69.8 Å². The number of urea groups is 1. The molecule has 4 aromatic rings. The van der Waals surface area contributed by atoms with E-state index in [1.165, 1.54) is 0 Å². The summed E-state index contributed by atoms with van der Waals surface area (Å²) in [7, 11) is 0. The third-order valence-electron chi connectivity index (χ3n) is 5.33. The quantitative estimate of drug-likeness (QED) is 0.136. The van der Waals surface area contributed by atoms with Crippen LogP contribution in [-0.4, -0.2) is 38.8 Å². The Hall–Kier alpha value is -3.51. The molecule has 0 aliphatic rings. The van der Waals surface area contributed by atoms with Crippen LogP contribution in [0.15, 0.2) is 59.2 Å². The highest BCUT2D eigenvalue weighted by Gasteiger charge is 2.34. The standard InChI is InChI=1S/C24H21BrClF3N6O2/c25-17-13-32-35-21(12-20(33-22(17)35)15-5-1-2-6-18(15)26)30-9-3-4-10-31-23(37)34-19-8-7-14(36)11-16(19)24(27,28)29/h1-2,5-8,11-13,30,36H,3-4,9-10H2,(H2,31,34,37). The molecule has 0 aliphatic carbocycles. The summed E-state index contributed by atoms with van der Waals surface area (Å²) in [6.45, 7) is 0.787. The van der Waals surface area contributed by atoms with Gasteiger partial charge in [-0.2, -0.15) is 22.8 Å². The van der Waals surface area contributed by atoms with E-state index in [1.54, 1.807) is 16.8 Å². The van der Waals surface area contributed by atoms with Crippen LogP contribution in [0.3, 0.4) is 0 Å². The van der Waals surface area contributed by atoms with Crippen LogP contribution in [0.25, 0.3) is 16.9 Å². The molecule has 2 amide bonds. The summed E-state index contributed by atoms with van der Waals surface area (Å²) in [5, 5.41) is 22.3. The summed E-state index contributed by atoms with van der Waals surface area (Å²) in [6.07, 6.45) is -1.86. The van der Waals surface area contributed by atoms with Gasteiger partial charge in [-0.05, 0) is 53.0 Å². The number of benzene rings is 2. The molecule has 0 spiro atoms. The lowest BCUT2D eigenvalue weighted by atomic mass is 10.1. The van der Waals surface area contributed by atoms with Gasteiger partial charge in [-0.1, -0.05) is 29.8 Å². The van der Waals surface area contributed by atoms with E-state index in [1.807, 2.05) is 24.3 Å². The van der Waals surface area contributed by atoms with Crippen molar-refractivity contribution in [2.45, 2.75) is 19.0 Å². The van der Waals surface area contributed by atoms with Gasteiger partial charge in [0.2, 0.25) is 0 Å². The van der Waals surface area contributed by atoms with Gasteiger partial charge in [0.15, 0.2) is 5.65 Å². The third-order valence-corrected chi connectivity index (χ3v) is 6.22. The number of rotatable bonds is 8. The molecule has 37 heavy (non-hydrogen) atoms. The number of phenolic OH excluding ortho intramolecular Hbond substituents is 1. The van der Waals surface area contributed by atoms with Gasteiger partial charge in [-0.15, -0.1) is 0 Å². The van der Waals surface area contributed by atoms with E-state index in [2.05, 4.69) is 42.0 Å². The summed E-state index contributed by atoms with van der Waals surface area (Å²) in [5.41, 5.74) is 0.501. The molecule has 2 heterocycles. The number of nitrogens with one attached hydrogen (secondary N) is 3. The molecule has 0 aliphatic heterocycles. The van der Waals surface area contributed by atoms with Crippen LogP contribution in [0.2, 0.25) is 5.02 Å². The molecule has 4 rings (SSSR count). The largest absolute Gasteiger partial charge is 0.508 e. The fourth-order valence-corrected chi connectivity index (χ4v) is 4.16. The van der Waals surface area contributed by atoms with Crippen molar-refractivity contribution < 1.29 is 23.1 Å². The van der Waals surface area contributed by atoms with Crippen molar-refractivity contribution >= 4 is 50.7 Å². The summed E-state index contributed by atoms with van der Waals surface area (Å²) in [6, 6.07) is 11.1. The zero-order chi connectivity index (χ0) is 26.6. The van der Waals surface area contributed by atoms with Crippen LogP contribution in [0.4, 0.5) is 29.5 Å². The smallest absolute Gasteiger partial charge is 0.418 e. The van der Waals surface area contributed by atoms with Gasteiger partial charge in [0, 0.05) is 29.7 Å². The lowest BCUT2D eigenvalue weighted by molar-refractivity contribution is -0.137. The number of carbonyl (C=O) groups is 1. The Morgan fingerprint density at radius 3 is 2.62 bits per heavy atom. The van der Waals surface area contributed by atoms with E-state index in [0.29, 0.717) is 47.6 Å². The average molecular weight is 598 g/mol. The summed E-state index contributed by atoms with van der Waals surface area (Å²) >= 11 is 9.81. The Kier molecular flexibility index (Phi) is 8.08. The van der Waals surface area contributed by atoms with Gasteiger partial charge in [-0.25, -0.2) is 9.78 Å². The fourth-order valence-electron chi connectivity index (χ4n) is 3.58. The molecule has 194 valence electrons. The van der Waals surface area contributed by atoms with E-state index in [-0.39, 0.29) is 6.54 Å². The second-order valence-electron chi connectivity index (χ2n) is 7.98. The van der Waals surface area contributed by atoms with Gasteiger partial charge < -0.3 is 21.1 Å². The van der Waals surface area contributed by atoms with E-state index in [9.17, 15) is 23.1 Å². The first-order valence-corrected chi connectivity index (χ1v) is 12.3. The van der Waals surface area contributed by atoms with E-state index in [0.717, 1.165) is 22.2 Å². The Labute approximate surface area is 223 Å². The number of halogens is 5. The topological polar surface area (TPSA) is 104 Å². The average Bonchev–Trinajstić information content (AvgIpc) is 3.22. The first-order chi connectivity index (χ1) is 17.6. The van der Waals surface area contributed by atoms with Crippen LogP contribution in [-0.2, 0) is 6.18 Å². The normalized spacial score (nSPS) is 11.5. The maximum absolute atomic E-state index is 13.1. The molecular formula is C24H21BrClF3N6O2. The molecule has 0 bridgehead atoms. The van der Waals surface area contributed by atoms with Crippen molar-refractivity contribution in [1.82, 2.24) is 19.9 Å². The highest BCUT2D eigenvalue weighted by atomic mass is 79.9. The van der Waals surface area contributed by atoms with Gasteiger partial charge in [-0.3, -0.25) is 0 Å². The predicted molar refractivity (Wildman–Crippen MR) is 139 cm³/mol. The Morgan fingerprint density at radius 2 is 1.86 bits per heavy atom. The van der Waals surface area contributed by atoms with Crippen molar-refractivity contribution in [3.8, 4) is 17.0 Å². The number of carbonyl (C=O) groups excluding carboxylic acids is 1. The fraction of sp³-hybridized carbons (Fsp3) is 0.208. The predicted octanol–water partition coefficient (Wildman–Crippen LogP) is 6.55. The molecule has 0 fully saturated rings. The van der Waals surface area contributed by atoms with Gasteiger partial charge in [0.05, 0.1) is 27.6 Å². The van der Waals surface area contributed by atoms with Crippen LogP contribution >= 0.6 is 27.5 Å². The highest BCUT2D eigenvalue weighted by Crippen LogP contribution is 2.37. The molecule has 2 aromatic heterocycles. The minimum atomic E-state index is -4.72. The minimum Gasteiger partial charge on any atom is -0.508 e. The number of amides is 2. The lowest BCUT2D eigenvalue weighted by Gasteiger charge is -2.15. The van der Waals surface area contributed by atoms with Gasteiger partial charge in [0.1, 0.15) is 11.6 Å². The molecule has 2 aromatic carbocycles. The number of fused-ring (bicyclic) bond motifs is 1. The number of phenols is 1. The molecule has 4 N–H and O–H groups in total. The lowest BCUT2D eigenvalue weighted by Crippen LogP contribution is -2.30. The summed E-state index contributed by atoms with van der Waals surface area (Å²) in [5.74, 6) is 0.155. The van der Waals surface area contributed by atoms with Crippen LogP contribution in [0.5, 0.6) is 5.75 Å². The molecular weight excluding hydrogens is 577 g/mol. The number of anilines is 2. The van der Waals surface area contributed by atoms with E-state index in [4.69, 9.17) is 11.6 Å². The molecule has 0 saturated carbocycles. The van der Waals surface area contributed by atoms with Crippen molar-refractivity contribution in [2.24, 2.45) is 0 Å². The van der Waals surface area contributed by atoms with Gasteiger partial charge in [0.25, 0.3) is 0 Å². The number of aromatic hydroxyl groups is 1. The molecule has 0 saturated heterocycles. The number of aromatic nitrogens is 3. The van der Waals surface area contributed by atoms with Crippen LogP contribution in [0.1, 0.15) is 18.4 Å². The second kappa shape index (κ2) is 11.3. The maximum Gasteiger partial charge on any atom is 0.418 e. The number of unbranched alkanes of at least 4 members (excludes halogenated alkanes) is 1. The maximum atomic E-state index is 13.1. The van der Waals surface area contributed by atoms with Crippen molar-refractivity contribution in [2.75, 3.05) is 23.7 Å². The SMILES string of the molecule is O=C(NCCCCNc1cc(-c2ccccc2Cl)nc2c(Br)cnn12)Nc1ccc(O)cc1C(F)(F)F. The zero-order valence-corrected chi connectivity index (χ0v) is 21.5. The Balaban J connectivity index is 1.32. The molecule has 8 nitrogen and oxygen atoms in total. The monoisotopic (exact) mass is 596 g/mol. The van der Waals surface area contributed by atoms with E-state index >= 15 is 0 Å². The van der Waals surface area contributed by atoms with Crippen LogP contribution < -0.4 is 16.0 Å². The second-order valence-corrected chi connectivity index (χ2v) is 9.24. The molecule has 0 unspecified atom stereocenters. The zero-order valence-electron chi connectivity index (χ0n) is 19.1. The number of hydrogen-bond donors (Lipinski definition) is 4. The first-order valence-electron chi connectivity index (χ1n) is 11.1. The minimum absolute atomic E-state index is 0.247. The Bertz CT molecular complexity index is 1430. The third kappa shape index (κ3) is 6.44. The number of nitrogens with zero attached hydrogens (tertiary/aromatic N) is 3.